The molecule has 0 fully saturated rings. The average Bonchev–Trinajstić information content (AvgIpc) is 2.03. The summed E-state index contributed by atoms with van der Waals surface area (Å²) in [6.07, 6.45) is 10.3. The van der Waals surface area contributed by atoms with E-state index in [4.69, 9.17) is 0 Å². The maximum absolute atomic E-state index is 9.49. The van der Waals surface area contributed by atoms with E-state index in [2.05, 4.69) is 12.2 Å². The van der Waals surface area contributed by atoms with Crippen LogP contribution < -0.4 is 0 Å². The Balaban J connectivity index is 2.46. The molecule has 0 aromatic heterocycles. The number of rotatable bonds is 2. The highest BCUT2D eigenvalue weighted by Gasteiger charge is 2.12. The smallest absolute Gasteiger partial charge is 0.0753 e. The van der Waals surface area contributed by atoms with Crippen LogP contribution >= 0.6 is 0 Å². The standard InChI is InChI=1S/C10H16O/c1-2-3-6-9-7-4-5-8-10(9)11/h2-3,7,10-11H,4-6,8H2,1H3/b3-2+. The van der Waals surface area contributed by atoms with Gasteiger partial charge in [-0.25, -0.2) is 0 Å². The van der Waals surface area contributed by atoms with Crippen LogP contribution in [0.1, 0.15) is 32.6 Å². The maximum Gasteiger partial charge on any atom is 0.0753 e. The molecule has 0 aliphatic heterocycles. The first-order valence-electron chi connectivity index (χ1n) is 4.32. The molecule has 1 heteroatoms. The van der Waals surface area contributed by atoms with Gasteiger partial charge in [0, 0.05) is 0 Å². The fourth-order valence-electron chi connectivity index (χ4n) is 1.39. The van der Waals surface area contributed by atoms with Gasteiger partial charge >= 0.3 is 0 Å². The molecule has 1 nitrogen and oxygen atoms in total. The second-order valence-electron chi connectivity index (χ2n) is 3.00. The van der Waals surface area contributed by atoms with Crippen LogP contribution in [-0.2, 0) is 0 Å². The molecule has 0 bridgehead atoms. The fraction of sp³-hybridized carbons (Fsp3) is 0.600. The first-order valence-corrected chi connectivity index (χ1v) is 4.32. The van der Waals surface area contributed by atoms with Crippen molar-refractivity contribution in [1.29, 1.82) is 0 Å². The fourth-order valence-corrected chi connectivity index (χ4v) is 1.39. The highest BCUT2D eigenvalue weighted by molar-refractivity contribution is 5.14. The minimum atomic E-state index is -0.167. The molecule has 0 saturated carbocycles. The molecule has 1 unspecified atom stereocenters. The molecule has 1 atom stereocenters. The molecule has 62 valence electrons. The van der Waals surface area contributed by atoms with Crippen molar-refractivity contribution in [3.05, 3.63) is 23.8 Å². The molecule has 11 heavy (non-hydrogen) atoms. The van der Waals surface area contributed by atoms with Crippen molar-refractivity contribution in [2.45, 2.75) is 38.7 Å². The van der Waals surface area contributed by atoms with Gasteiger partial charge in [-0.05, 0) is 38.2 Å². The Hall–Kier alpha value is -0.560. The first kappa shape index (κ1) is 8.54. The molecule has 1 aliphatic rings. The zero-order valence-corrected chi connectivity index (χ0v) is 7.09. The lowest BCUT2D eigenvalue weighted by Crippen LogP contribution is -2.13. The van der Waals surface area contributed by atoms with Gasteiger partial charge in [0.1, 0.15) is 0 Å². The van der Waals surface area contributed by atoms with Crippen LogP contribution in [0.15, 0.2) is 23.8 Å². The molecular formula is C10H16O. The van der Waals surface area contributed by atoms with E-state index in [9.17, 15) is 5.11 Å². The Morgan fingerprint density at radius 2 is 2.55 bits per heavy atom. The quantitative estimate of drug-likeness (QED) is 0.602. The summed E-state index contributed by atoms with van der Waals surface area (Å²) < 4.78 is 0. The molecule has 0 aromatic carbocycles. The average molecular weight is 152 g/mol. The minimum absolute atomic E-state index is 0.167. The van der Waals surface area contributed by atoms with Crippen LogP contribution in [0.4, 0.5) is 0 Å². The van der Waals surface area contributed by atoms with E-state index < -0.39 is 0 Å². The number of aliphatic hydroxyl groups is 1. The van der Waals surface area contributed by atoms with Gasteiger partial charge in [-0.2, -0.15) is 0 Å². The Kier molecular flexibility index (Phi) is 3.37. The highest BCUT2D eigenvalue weighted by atomic mass is 16.3. The summed E-state index contributed by atoms with van der Waals surface area (Å²) in [6, 6.07) is 0. The number of hydrogen-bond acceptors (Lipinski definition) is 1. The monoisotopic (exact) mass is 152 g/mol. The van der Waals surface area contributed by atoms with Crippen LogP contribution in [0.5, 0.6) is 0 Å². The van der Waals surface area contributed by atoms with Gasteiger partial charge in [-0.15, -0.1) is 0 Å². The second-order valence-corrected chi connectivity index (χ2v) is 3.00. The Morgan fingerprint density at radius 1 is 1.73 bits per heavy atom. The Bertz CT molecular complexity index is 168. The number of hydrogen-bond donors (Lipinski definition) is 1. The van der Waals surface area contributed by atoms with E-state index in [0.29, 0.717) is 0 Å². The molecule has 1 aliphatic carbocycles. The lowest BCUT2D eigenvalue weighted by Gasteiger charge is -2.17. The summed E-state index contributed by atoms with van der Waals surface area (Å²) in [5, 5.41) is 9.49. The van der Waals surface area contributed by atoms with Crippen molar-refractivity contribution < 1.29 is 5.11 Å². The summed E-state index contributed by atoms with van der Waals surface area (Å²) in [6.45, 7) is 2.01. The molecular weight excluding hydrogens is 136 g/mol. The second kappa shape index (κ2) is 4.35. The van der Waals surface area contributed by atoms with Gasteiger partial charge in [-0.1, -0.05) is 18.2 Å². The van der Waals surface area contributed by atoms with Crippen LogP contribution in [0, 0.1) is 0 Å². The normalized spacial score (nSPS) is 25.6. The summed E-state index contributed by atoms with van der Waals surface area (Å²) in [4.78, 5) is 0. The molecule has 0 saturated heterocycles. The van der Waals surface area contributed by atoms with E-state index in [1.807, 2.05) is 13.0 Å². The van der Waals surface area contributed by atoms with Gasteiger partial charge in [0.2, 0.25) is 0 Å². The lowest BCUT2D eigenvalue weighted by atomic mass is 9.94. The third-order valence-corrected chi connectivity index (χ3v) is 2.11. The van der Waals surface area contributed by atoms with Crippen molar-refractivity contribution in [1.82, 2.24) is 0 Å². The minimum Gasteiger partial charge on any atom is -0.389 e. The van der Waals surface area contributed by atoms with Crippen molar-refractivity contribution in [2.24, 2.45) is 0 Å². The Labute approximate surface area is 68.4 Å². The third-order valence-electron chi connectivity index (χ3n) is 2.11. The number of aliphatic hydroxyl groups excluding tert-OH is 1. The van der Waals surface area contributed by atoms with Crippen LogP contribution in [0.3, 0.4) is 0 Å². The van der Waals surface area contributed by atoms with Gasteiger partial charge in [0.25, 0.3) is 0 Å². The molecule has 1 rings (SSSR count). The largest absolute Gasteiger partial charge is 0.389 e. The predicted molar refractivity (Wildman–Crippen MR) is 47.4 cm³/mol. The van der Waals surface area contributed by atoms with Gasteiger partial charge in [0.15, 0.2) is 0 Å². The van der Waals surface area contributed by atoms with E-state index in [1.165, 1.54) is 5.57 Å². The van der Waals surface area contributed by atoms with Crippen molar-refractivity contribution >= 4 is 0 Å². The number of allylic oxidation sites excluding steroid dienone is 3. The van der Waals surface area contributed by atoms with Crippen LogP contribution in [0.2, 0.25) is 0 Å². The van der Waals surface area contributed by atoms with Crippen molar-refractivity contribution in [2.75, 3.05) is 0 Å². The van der Waals surface area contributed by atoms with E-state index >= 15 is 0 Å². The zero-order valence-electron chi connectivity index (χ0n) is 7.09. The third kappa shape index (κ3) is 2.51. The summed E-state index contributed by atoms with van der Waals surface area (Å²) in [5.41, 5.74) is 1.20. The molecule has 0 spiro atoms. The summed E-state index contributed by atoms with van der Waals surface area (Å²) in [7, 11) is 0. The lowest BCUT2D eigenvalue weighted by molar-refractivity contribution is 0.189. The molecule has 0 amide bonds. The van der Waals surface area contributed by atoms with E-state index in [1.54, 1.807) is 0 Å². The van der Waals surface area contributed by atoms with Crippen LogP contribution in [0.25, 0.3) is 0 Å². The van der Waals surface area contributed by atoms with Gasteiger partial charge < -0.3 is 5.11 Å². The summed E-state index contributed by atoms with van der Waals surface area (Å²) in [5.74, 6) is 0. The Morgan fingerprint density at radius 3 is 3.18 bits per heavy atom. The zero-order chi connectivity index (χ0) is 8.10. The highest BCUT2D eigenvalue weighted by Crippen LogP contribution is 2.20. The first-order chi connectivity index (χ1) is 5.34. The van der Waals surface area contributed by atoms with Gasteiger partial charge in [-0.3, -0.25) is 0 Å². The topological polar surface area (TPSA) is 20.2 Å². The predicted octanol–water partition coefficient (Wildman–Crippen LogP) is 2.42. The molecule has 1 N–H and O–H groups in total. The van der Waals surface area contributed by atoms with E-state index in [-0.39, 0.29) is 6.10 Å². The van der Waals surface area contributed by atoms with Crippen molar-refractivity contribution in [3.63, 3.8) is 0 Å². The maximum atomic E-state index is 9.49. The van der Waals surface area contributed by atoms with E-state index in [0.717, 1.165) is 25.7 Å². The van der Waals surface area contributed by atoms with Crippen molar-refractivity contribution in [3.8, 4) is 0 Å². The summed E-state index contributed by atoms with van der Waals surface area (Å²) >= 11 is 0. The molecule has 0 aromatic rings. The molecule has 0 heterocycles. The van der Waals surface area contributed by atoms with Gasteiger partial charge in [0.05, 0.1) is 6.10 Å². The molecule has 0 radical (unpaired) electrons. The SMILES string of the molecule is C/C=C/CC1=CCCCC1O. The van der Waals surface area contributed by atoms with Crippen LogP contribution in [-0.4, -0.2) is 11.2 Å².